The fourth-order valence-corrected chi connectivity index (χ4v) is 4.60. The molecule has 4 rings (SSSR count). The Morgan fingerprint density at radius 3 is 2.54 bits per heavy atom. The number of benzene rings is 2. The Bertz CT molecular complexity index is 1450. The first-order valence-corrected chi connectivity index (χ1v) is 12.9. The van der Waals surface area contributed by atoms with Crippen molar-refractivity contribution >= 4 is 23.0 Å². The minimum absolute atomic E-state index is 0.0847. The number of halogens is 3. The van der Waals surface area contributed by atoms with E-state index in [0.717, 1.165) is 23.4 Å². The maximum absolute atomic E-state index is 13.8. The molecule has 0 bridgehead atoms. The highest BCUT2D eigenvalue weighted by atomic mass is 19.4. The van der Waals surface area contributed by atoms with Crippen molar-refractivity contribution in [1.82, 2.24) is 14.7 Å². The molecule has 0 atom stereocenters. The molecule has 0 saturated carbocycles. The van der Waals surface area contributed by atoms with Gasteiger partial charge >= 0.3 is 6.18 Å². The van der Waals surface area contributed by atoms with Crippen LogP contribution in [0.15, 0.2) is 42.7 Å². The highest BCUT2D eigenvalue weighted by Crippen LogP contribution is 2.39. The molecule has 0 aliphatic carbocycles. The Balaban J connectivity index is 1.64. The van der Waals surface area contributed by atoms with Crippen molar-refractivity contribution in [2.24, 2.45) is 18.6 Å². The summed E-state index contributed by atoms with van der Waals surface area (Å²) in [5.41, 5.74) is 8.92. The first kappa shape index (κ1) is 29.9. The van der Waals surface area contributed by atoms with Crippen molar-refractivity contribution in [2.75, 3.05) is 43.7 Å². The number of ether oxygens (including phenoxy) is 2. The zero-order chi connectivity index (χ0) is 29.9. The van der Waals surface area contributed by atoms with E-state index < -0.39 is 17.6 Å². The van der Waals surface area contributed by atoms with Gasteiger partial charge in [-0.1, -0.05) is 6.07 Å². The number of anilines is 2. The molecule has 1 amide bonds. The summed E-state index contributed by atoms with van der Waals surface area (Å²) in [5, 5.41) is 8.08. The number of nitrogens with two attached hydrogens (primary N) is 2. The molecule has 0 unspecified atom stereocenters. The van der Waals surface area contributed by atoms with Crippen molar-refractivity contribution < 1.29 is 27.4 Å². The van der Waals surface area contributed by atoms with E-state index in [-0.39, 0.29) is 23.5 Å². The third kappa shape index (κ3) is 6.81. The smallest absolute Gasteiger partial charge is 0.416 e. The van der Waals surface area contributed by atoms with Crippen LogP contribution < -0.4 is 26.6 Å². The molecular weight excluding hydrogens is 539 g/mol. The van der Waals surface area contributed by atoms with Gasteiger partial charge in [0.25, 0.3) is 5.91 Å². The lowest BCUT2D eigenvalue weighted by molar-refractivity contribution is -0.137. The molecule has 1 aromatic heterocycles. The fourth-order valence-electron chi connectivity index (χ4n) is 4.60. The number of hydrogen-bond acceptors (Lipinski definition) is 8. The van der Waals surface area contributed by atoms with Crippen molar-refractivity contribution in [1.29, 1.82) is 0 Å². The molecule has 1 aliphatic rings. The number of hydrogen-bond donors (Lipinski definition) is 3. The monoisotopic (exact) mass is 573 g/mol. The molecule has 13 heteroatoms. The van der Waals surface area contributed by atoms with Crippen LogP contribution in [-0.4, -0.2) is 54.0 Å². The van der Waals surface area contributed by atoms with E-state index in [4.69, 9.17) is 21.1 Å². The van der Waals surface area contributed by atoms with Crippen molar-refractivity contribution in [3.8, 4) is 5.75 Å². The molecule has 0 radical (unpaired) electrons. The van der Waals surface area contributed by atoms with Gasteiger partial charge in [-0.3, -0.25) is 19.4 Å². The lowest BCUT2D eigenvalue weighted by Crippen LogP contribution is -2.35. The number of hydrazine groups is 1. The number of nitrogens with one attached hydrogen (secondary N) is 1. The number of carbonyl (C=O) groups is 1. The van der Waals surface area contributed by atoms with Gasteiger partial charge in [-0.05, 0) is 43.7 Å². The standard InChI is InChI=1S/C28H34F3N7O3/c1-17-5-6-19(12-25(17)38(33)16-23(32)22-14-34-36(3)18(22)2)27(39)35-24-13-21(28(29,30)31)11-20(26(24)40-4)15-37-7-9-41-10-8-37/h5-6,11-14,16H,7-10,15,32-33H2,1-4H3,(H,35,39)/b23-16-. The number of aromatic nitrogens is 2. The van der Waals surface area contributed by atoms with Crippen LogP contribution in [0.4, 0.5) is 24.5 Å². The number of carbonyl (C=O) groups excluding carboxylic acids is 1. The van der Waals surface area contributed by atoms with Crippen LogP contribution in [0.25, 0.3) is 5.70 Å². The molecule has 220 valence electrons. The SMILES string of the molecule is COc1c(CN2CCOCC2)cc(C(F)(F)F)cc1NC(=O)c1ccc(C)c(N(N)/C=C(\N)c2cnn(C)c2C)c1. The Labute approximate surface area is 236 Å². The van der Waals surface area contributed by atoms with Crippen LogP contribution in [0.5, 0.6) is 5.75 Å². The molecular formula is C28H34F3N7O3. The van der Waals surface area contributed by atoms with Crippen LogP contribution in [-0.2, 0) is 24.5 Å². The summed E-state index contributed by atoms with van der Waals surface area (Å²) in [6.45, 7) is 6.01. The Kier molecular flexibility index (Phi) is 8.90. The van der Waals surface area contributed by atoms with E-state index in [2.05, 4.69) is 10.4 Å². The summed E-state index contributed by atoms with van der Waals surface area (Å²) in [6, 6.07) is 6.73. The van der Waals surface area contributed by atoms with E-state index in [1.807, 2.05) is 18.7 Å². The zero-order valence-corrected chi connectivity index (χ0v) is 23.4. The van der Waals surface area contributed by atoms with Crippen LogP contribution in [0.2, 0.25) is 0 Å². The summed E-state index contributed by atoms with van der Waals surface area (Å²) < 4.78 is 54.0. The Morgan fingerprint density at radius 1 is 1.22 bits per heavy atom. The predicted octanol–water partition coefficient (Wildman–Crippen LogP) is 3.79. The second-order valence-corrected chi connectivity index (χ2v) is 9.82. The predicted molar refractivity (Wildman–Crippen MR) is 150 cm³/mol. The number of morpholine rings is 1. The topological polar surface area (TPSA) is 124 Å². The minimum atomic E-state index is -4.62. The average Bonchev–Trinajstić information content (AvgIpc) is 3.26. The maximum atomic E-state index is 13.8. The van der Waals surface area contributed by atoms with E-state index >= 15 is 0 Å². The highest BCUT2D eigenvalue weighted by Gasteiger charge is 2.33. The number of methoxy groups -OCH3 is 1. The first-order chi connectivity index (χ1) is 19.4. The lowest BCUT2D eigenvalue weighted by atomic mass is 10.0. The fraction of sp³-hybridized carbons (Fsp3) is 0.357. The van der Waals surface area contributed by atoms with Gasteiger partial charge in [-0.15, -0.1) is 0 Å². The van der Waals surface area contributed by atoms with Gasteiger partial charge in [0.15, 0.2) is 0 Å². The van der Waals surface area contributed by atoms with Crippen LogP contribution in [0.3, 0.4) is 0 Å². The summed E-state index contributed by atoms with van der Waals surface area (Å²) in [5.74, 6) is 5.82. The summed E-state index contributed by atoms with van der Waals surface area (Å²) in [4.78, 5) is 15.3. The second kappa shape index (κ2) is 12.2. The van der Waals surface area contributed by atoms with Crippen LogP contribution >= 0.6 is 0 Å². The number of aryl methyl sites for hydroxylation is 2. The molecule has 10 nitrogen and oxygen atoms in total. The molecule has 2 aromatic carbocycles. The van der Waals surface area contributed by atoms with E-state index in [0.29, 0.717) is 48.8 Å². The normalized spacial score (nSPS) is 14.7. The summed E-state index contributed by atoms with van der Waals surface area (Å²) in [7, 11) is 3.15. The highest BCUT2D eigenvalue weighted by molar-refractivity contribution is 6.06. The quantitative estimate of drug-likeness (QED) is 0.275. The molecule has 41 heavy (non-hydrogen) atoms. The van der Waals surface area contributed by atoms with Crippen molar-refractivity contribution in [2.45, 2.75) is 26.6 Å². The molecule has 0 spiro atoms. The third-order valence-electron chi connectivity index (χ3n) is 7.02. The van der Waals surface area contributed by atoms with Gasteiger partial charge in [-0.2, -0.15) is 18.3 Å². The summed E-state index contributed by atoms with van der Waals surface area (Å²) >= 11 is 0. The molecule has 1 fully saturated rings. The number of nitrogens with zero attached hydrogens (tertiary/aromatic N) is 4. The third-order valence-corrected chi connectivity index (χ3v) is 7.02. The molecule has 1 aliphatic heterocycles. The van der Waals surface area contributed by atoms with Gasteiger partial charge in [0.1, 0.15) is 5.75 Å². The second-order valence-electron chi connectivity index (χ2n) is 9.82. The Morgan fingerprint density at radius 2 is 1.93 bits per heavy atom. The molecule has 1 saturated heterocycles. The van der Waals surface area contributed by atoms with Gasteiger partial charge in [0.05, 0.1) is 49.2 Å². The largest absolute Gasteiger partial charge is 0.494 e. The number of rotatable bonds is 8. The van der Waals surface area contributed by atoms with E-state index in [9.17, 15) is 18.0 Å². The van der Waals surface area contributed by atoms with Crippen molar-refractivity contribution in [3.05, 3.63) is 76.2 Å². The average molecular weight is 574 g/mol. The minimum Gasteiger partial charge on any atom is -0.494 e. The zero-order valence-electron chi connectivity index (χ0n) is 23.4. The van der Waals surface area contributed by atoms with Crippen molar-refractivity contribution in [3.63, 3.8) is 0 Å². The van der Waals surface area contributed by atoms with Gasteiger partial charge < -0.3 is 20.5 Å². The molecule has 2 heterocycles. The van der Waals surface area contributed by atoms with E-state index in [1.165, 1.54) is 18.3 Å². The van der Waals surface area contributed by atoms with Gasteiger partial charge in [0.2, 0.25) is 0 Å². The number of alkyl halides is 3. The maximum Gasteiger partial charge on any atom is 0.416 e. The Hall–Kier alpha value is -4.07. The molecule has 5 N–H and O–H groups in total. The van der Waals surface area contributed by atoms with E-state index in [1.54, 1.807) is 36.1 Å². The molecule has 3 aromatic rings. The summed E-state index contributed by atoms with van der Waals surface area (Å²) in [6.07, 6.45) is -1.48. The van der Waals surface area contributed by atoms with Gasteiger partial charge in [0, 0.05) is 55.3 Å². The lowest BCUT2D eigenvalue weighted by Gasteiger charge is -2.28. The van der Waals surface area contributed by atoms with Crippen LogP contribution in [0.1, 0.15) is 38.3 Å². The number of amides is 1. The van der Waals surface area contributed by atoms with Gasteiger partial charge in [-0.25, -0.2) is 5.84 Å². The van der Waals surface area contributed by atoms with Crippen LogP contribution in [0, 0.1) is 13.8 Å². The first-order valence-electron chi connectivity index (χ1n) is 12.9.